The third-order valence-corrected chi connectivity index (χ3v) is 3.88. The van der Waals surface area contributed by atoms with Crippen LogP contribution in [0.25, 0.3) is 16.9 Å². The zero-order valence-electron chi connectivity index (χ0n) is 12.4. The van der Waals surface area contributed by atoms with Gasteiger partial charge in [-0.3, -0.25) is 9.89 Å². The molecule has 2 heterocycles. The molecule has 0 aliphatic rings. The van der Waals surface area contributed by atoms with Crippen molar-refractivity contribution in [2.75, 3.05) is 0 Å². The van der Waals surface area contributed by atoms with Crippen molar-refractivity contribution in [3.8, 4) is 17.3 Å². The van der Waals surface area contributed by atoms with E-state index in [4.69, 9.17) is 16.9 Å². The number of nitrogens with one attached hydrogen (secondary N) is 1. The lowest BCUT2D eigenvalue weighted by molar-refractivity contribution is 0.628. The topological polar surface area (TPSA) is 73.9 Å². The molecular weight excluding hydrogens is 319 g/mol. The van der Waals surface area contributed by atoms with Crippen LogP contribution in [0.15, 0.2) is 29.2 Å². The number of hydrogen-bond donors (Lipinski definition) is 1. The van der Waals surface area contributed by atoms with E-state index in [-0.39, 0.29) is 27.7 Å². The van der Waals surface area contributed by atoms with Gasteiger partial charge >= 0.3 is 0 Å². The van der Waals surface area contributed by atoms with Crippen LogP contribution in [0.2, 0.25) is 5.02 Å². The second-order valence-corrected chi connectivity index (χ2v) is 5.83. The van der Waals surface area contributed by atoms with Gasteiger partial charge in [0.25, 0.3) is 5.56 Å². The molecule has 0 aliphatic heterocycles. The Morgan fingerprint density at radius 2 is 2.17 bits per heavy atom. The third-order valence-electron chi connectivity index (χ3n) is 3.59. The minimum atomic E-state index is -0.543. The van der Waals surface area contributed by atoms with Gasteiger partial charge in [0.1, 0.15) is 17.4 Å². The van der Waals surface area contributed by atoms with Crippen LogP contribution in [0.1, 0.15) is 30.9 Å². The van der Waals surface area contributed by atoms with E-state index in [9.17, 15) is 9.18 Å². The minimum absolute atomic E-state index is 0.0474. The summed E-state index contributed by atoms with van der Waals surface area (Å²) in [4.78, 5) is 17.2. The van der Waals surface area contributed by atoms with Gasteiger partial charge in [-0.15, -0.1) is 0 Å². The van der Waals surface area contributed by atoms with Crippen LogP contribution >= 0.6 is 11.6 Å². The largest absolute Gasteiger partial charge is 0.295 e. The van der Waals surface area contributed by atoms with E-state index in [1.807, 2.05) is 19.9 Å². The smallest absolute Gasteiger partial charge is 0.276 e. The van der Waals surface area contributed by atoms with Crippen molar-refractivity contribution in [3.05, 3.63) is 56.7 Å². The second kappa shape index (κ2) is 5.52. The number of nitrogens with zero attached hydrogens (tertiary/aromatic N) is 3. The first kappa shape index (κ1) is 15.3. The summed E-state index contributed by atoms with van der Waals surface area (Å²) in [6.45, 7) is 3.74. The fraction of sp³-hybridized carbons (Fsp3) is 0.188. The lowest BCUT2D eigenvalue weighted by Crippen LogP contribution is -2.22. The van der Waals surface area contributed by atoms with Crippen LogP contribution < -0.4 is 5.56 Å². The van der Waals surface area contributed by atoms with Gasteiger partial charge in [-0.05, 0) is 24.1 Å². The van der Waals surface area contributed by atoms with Crippen molar-refractivity contribution >= 4 is 17.2 Å². The summed E-state index contributed by atoms with van der Waals surface area (Å²) in [5, 5.41) is 11.8. The Kier molecular flexibility index (Phi) is 3.66. The molecule has 116 valence electrons. The van der Waals surface area contributed by atoms with E-state index in [0.717, 1.165) is 0 Å². The molecule has 7 heteroatoms. The number of benzene rings is 1. The molecule has 2 aromatic heterocycles. The molecule has 23 heavy (non-hydrogen) atoms. The summed E-state index contributed by atoms with van der Waals surface area (Å²) >= 11 is 5.85. The van der Waals surface area contributed by atoms with Gasteiger partial charge in [0.05, 0.1) is 10.7 Å². The standard InChI is InChI=1S/C16H12ClFN4O/c1-8(2)13-14(9-3-4-12(18)11(17)5-9)21-15-10(6-19)7-20-22(15)16(13)23/h3-5,7-8,20H,1-2H3. The van der Waals surface area contributed by atoms with E-state index >= 15 is 0 Å². The van der Waals surface area contributed by atoms with Crippen molar-refractivity contribution in [1.82, 2.24) is 14.6 Å². The molecule has 1 aromatic carbocycles. The highest BCUT2D eigenvalue weighted by Crippen LogP contribution is 2.29. The van der Waals surface area contributed by atoms with E-state index in [0.29, 0.717) is 16.8 Å². The van der Waals surface area contributed by atoms with Gasteiger partial charge in [-0.1, -0.05) is 25.4 Å². The summed E-state index contributed by atoms with van der Waals surface area (Å²) in [5.74, 6) is -0.654. The highest BCUT2D eigenvalue weighted by Gasteiger charge is 2.20. The zero-order chi connectivity index (χ0) is 16.7. The Labute approximate surface area is 135 Å². The first-order chi connectivity index (χ1) is 10.9. The molecular formula is C16H12ClFN4O. The monoisotopic (exact) mass is 330 g/mol. The number of nitriles is 1. The average Bonchev–Trinajstić information content (AvgIpc) is 2.92. The highest BCUT2D eigenvalue weighted by atomic mass is 35.5. The maximum Gasteiger partial charge on any atom is 0.276 e. The van der Waals surface area contributed by atoms with Crippen LogP contribution in [-0.2, 0) is 0 Å². The van der Waals surface area contributed by atoms with E-state index in [1.54, 1.807) is 0 Å². The fourth-order valence-corrected chi connectivity index (χ4v) is 2.67. The normalized spacial score (nSPS) is 11.1. The summed E-state index contributed by atoms with van der Waals surface area (Å²) < 4.78 is 14.6. The molecule has 0 saturated carbocycles. The molecule has 0 saturated heterocycles. The summed E-state index contributed by atoms with van der Waals surface area (Å²) in [6.07, 6.45) is 1.43. The number of halogens is 2. The Morgan fingerprint density at radius 1 is 1.43 bits per heavy atom. The van der Waals surface area contributed by atoms with Crippen LogP contribution in [0, 0.1) is 17.1 Å². The van der Waals surface area contributed by atoms with Gasteiger partial charge in [0, 0.05) is 17.3 Å². The number of hydrogen-bond acceptors (Lipinski definition) is 3. The Morgan fingerprint density at radius 3 is 2.78 bits per heavy atom. The number of aromatic amines is 1. The SMILES string of the molecule is CC(C)c1c(-c2ccc(F)c(Cl)c2)nc2c(C#N)c[nH]n2c1=O. The lowest BCUT2D eigenvalue weighted by atomic mass is 9.98. The average molecular weight is 331 g/mol. The molecule has 5 nitrogen and oxygen atoms in total. The Bertz CT molecular complexity index is 1010. The van der Waals surface area contributed by atoms with Gasteiger partial charge < -0.3 is 0 Å². The van der Waals surface area contributed by atoms with Crippen molar-refractivity contribution < 1.29 is 4.39 Å². The molecule has 1 N–H and O–H groups in total. The van der Waals surface area contributed by atoms with Gasteiger partial charge in [-0.25, -0.2) is 13.9 Å². The van der Waals surface area contributed by atoms with Crippen LogP contribution in [0.4, 0.5) is 4.39 Å². The number of fused-ring (bicyclic) bond motifs is 1. The van der Waals surface area contributed by atoms with Gasteiger partial charge in [0.15, 0.2) is 5.65 Å². The van der Waals surface area contributed by atoms with Crippen molar-refractivity contribution in [2.24, 2.45) is 0 Å². The number of aromatic nitrogens is 3. The Balaban J connectivity index is 2.42. The molecule has 0 radical (unpaired) electrons. The van der Waals surface area contributed by atoms with E-state index < -0.39 is 5.82 Å². The maximum absolute atomic E-state index is 13.4. The Hall–Kier alpha value is -2.65. The number of H-pyrrole nitrogens is 1. The first-order valence-electron chi connectivity index (χ1n) is 6.93. The predicted molar refractivity (Wildman–Crippen MR) is 85.0 cm³/mol. The van der Waals surface area contributed by atoms with Crippen LogP contribution in [0.3, 0.4) is 0 Å². The molecule has 3 rings (SSSR count). The molecule has 0 fully saturated rings. The first-order valence-corrected chi connectivity index (χ1v) is 7.31. The quantitative estimate of drug-likeness (QED) is 0.781. The fourth-order valence-electron chi connectivity index (χ4n) is 2.49. The lowest BCUT2D eigenvalue weighted by Gasteiger charge is -2.12. The van der Waals surface area contributed by atoms with Crippen molar-refractivity contribution in [3.63, 3.8) is 0 Å². The zero-order valence-corrected chi connectivity index (χ0v) is 13.1. The number of rotatable bonds is 2. The van der Waals surface area contributed by atoms with E-state index in [1.165, 1.54) is 28.9 Å². The van der Waals surface area contributed by atoms with Crippen LogP contribution in [0.5, 0.6) is 0 Å². The molecule has 0 atom stereocenters. The summed E-state index contributed by atoms with van der Waals surface area (Å²) in [6, 6.07) is 6.16. The molecule has 0 aliphatic carbocycles. The predicted octanol–water partition coefficient (Wildman–Crippen LogP) is 3.48. The molecule has 0 bridgehead atoms. The minimum Gasteiger partial charge on any atom is -0.295 e. The molecule has 0 spiro atoms. The molecule has 0 amide bonds. The molecule has 0 unspecified atom stereocenters. The summed E-state index contributed by atoms with van der Waals surface area (Å²) in [7, 11) is 0. The second-order valence-electron chi connectivity index (χ2n) is 5.42. The third kappa shape index (κ3) is 2.39. The highest BCUT2D eigenvalue weighted by molar-refractivity contribution is 6.31. The van der Waals surface area contributed by atoms with E-state index in [2.05, 4.69) is 10.1 Å². The van der Waals surface area contributed by atoms with Gasteiger partial charge in [-0.2, -0.15) is 5.26 Å². The maximum atomic E-state index is 13.4. The van der Waals surface area contributed by atoms with Gasteiger partial charge in [0.2, 0.25) is 0 Å². The summed E-state index contributed by atoms with van der Waals surface area (Å²) in [5.41, 5.74) is 1.61. The van der Waals surface area contributed by atoms with Crippen molar-refractivity contribution in [1.29, 1.82) is 5.26 Å². The van der Waals surface area contributed by atoms with Crippen molar-refractivity contribution in [2.45, 2.75) is 19.8 Å². The van der Waals surface area contributed by atoms with Crippen LogP contribution in [-0.4, -0.2) is 14.6 Å². The molecule has 3 aromatic rings.